The fraction of sp³-hybridized carbons (Fsp3) is 0.600. The molecule has 1 aromatic carbocycles. The minimum Gasteiger partial charge on any atom is -0.497 e. The second-order valence-corrected chi connectivity index (χ2v) is 7.18. The van der Waals surface area contributed by atoms with Crippen LogP contribution in [-0.2, 0) is 11.2 Å². The topological polar surface area (TPSA) is 61.9 Å². The molecule has 0 atom stereocenters. The molecule has 1 aliphatic carbocycles. The third kappa shape index (κ3) is 4.90. The van der Waals surface area contributed by atoms with Crippen LogP contribution >= 0.6 is 0 Å². The van der Waals surface area contributed by atoms with Crippen molar-refractivity contribution in [2.45, 2.75) is 44.6 Å². The Kier molecular flexibility index (Phi) is 6.36. The third-order valence-corrected chi connectivity index (χ3v) is 5.31. The maximum absolute atomic E-state index is 12.6. The van der Waals surface area contributed by atoms with Gasteiger partial charge in [-0.2, -0.15) is 0 Å². The zero-order chi connectivity index (χ0) is 18.4. The van der Waals surface area contributed by atoms with Gasteiger partial charge in [-0.25, -0.2) is 4.79 Å². The van der Waals surface area contributed by atoms with Gasteiger partial charge < -0.3 is 19.9 Å². The Morgan fingerprint density at radius 2 is 1.81 bits per heavy atom. The van der Waals surface area contributed by atoms with Crippen molar-refractivity contribution < 1.29 is 14.3 Å². The van der Waals surface area contributed by atoms with Gasteiger partial charge in [0.25, 0.3) is 0 Å². The summed E-state index contributed by atoms with van der Waals surface area (Å²) >= 11 is 0. The molecule has 1 N–H and O–H groups in total. The number of methoxy groups -OCH3 is 1. The molecule has 1 aromatic rings. The molecule has 3 rings (SSSR count). The first-order valence-corrected chi connectivity index (χ1v) is 9.62. The molecule has 1 saturated carbocycles. The zero-order valence-corrected chi connectivity index (χ0v) is 15.6. The van der Waals surface area contributed by atoms with Crippen LogP contribution in [0.15, 0.2) is 24.3 Å². The maximum atomic E-state index is 12.6. The number of urea groups is 1. The lowest BCUT2D eigenvalue weighted by atomic mass is 10.1. The van der Waals surface area contributed by atoms with Gasteiger partial charge in [-0.3, -0.25) is 4.79 Å². The minimum absolute atomic E-state index is 0.0268. The molecule has 2 aliphatic rings. The Hall–Kier alpha value is -2.24. The number of hydrogen-bond acceptors (Lipinski definition) is 3. The molecule has 6 nitrogen and oxygen atoms in total. The highest BCUT2D eigenvalue weighted by Gasteiger charge is 2.24. The first kappa shape index (κ1) is 18.5. The lowest BCUT2D eigenvalue weighted by molar-refractivity contribution is -0.130. The summed E-state index contributed by atoms with van der Waals surface area (Å²) in [7, 11) is 1.63. The van der Waals surface area contributed by atoms with Gasteiger partial charge in [0.15, 0.2) is 0 Å². The lowest BCUT2D eigenvalue weighted by Gasteiger charge is -2.24. The molecule has 142 valence electrons. The Morgan fingerprint density at radius 1 is 1.08 bits per heavy atom. The van der Waals surface area contributed by atoms with Gasteiger partial charge in [-0.05, 0) is 37.0 Å². The third-order valence-electron chi connectivity index (χ3n) is 5.31. The van der Waals surface area contributed by atoms with Crippen LogP contribution in [-0.4, -0.2) is 61.1 Å². The van der Waals surface area contributed by atoms with Crippen LogP contribution in [0.5, 0.6) is 5.75 Å². The molecule has 0 bridgehead atoms. The molecule has 0 aromatic heterocycles. The molecule has 1 saturated heterocycles. The van der Waals surface area contributed by atoms with Crippen LogP contribution < -0.4 is 10.1 Å². The second kappa shape index (κ2) is 8.92. The number of carbonyl (C=O) groups is 2. The average Bonchev–Trinajstić information content (AvgIpc) is 3.02. The van der Waals surface area contributed by atoms with Crippen molar-refractivity contribution in [3.63, 3.8) is 0 Å². The van der Waals surface area contributed by atoms with Gasteiger partial charge in [0, 0.05) is 32.2 Å². The first-order valence-electron chi connectivity index (χ1n) is 9.62. The molecule has 26 heavy (non-hydrogen) atoms. The standard InChI is InChI=1S/C20H29N3O3/c1-26-18-9-4-6-16(14-18)15-19(24)22-10-5-11-23(13-12-22)20(25)21-17-7-2-3-8-17/h4,6,9,14,17H,2-3,5,7-8,10-13,15H2,1H3,(H,21,25). The smallest absolute Gasteiger partial charge is 0.317 e. The molecule has 1 heterocycles. The normalized spacial score (nSPS) is 18.5. The van der Waals surface area contributed by atoms with Crippen molar-refractivity contribution in [3.8, 4) is 5.75 Å². The van der Waals surface area contributed by atoms with E-state index in [9.17, 15) is 9.59 Å². The SMILES string of the molecule is COc1cccc(CC(=O)N2CCCN(C(=O)NC3CCCC3)CC2)c1. The highest BCUT2D eigenvalue weighted by molar-refractivity contribution is 5.79. The number of nitrogens with zero attached hydrogens (tertiary/aromatic N) is 2. The molecular formula is C20H29N3O3. The van der Waals surface area contributed by atoms with Gasteiger partial charge in [0.05, 0.1) is 13.5 Å². The van der Waals surface area contributed by atoms with E-state index >= 15 is 0 Å². The molecule has 0 radical (unpaired) electrons. The predicted molar refractivity (Wildman–Crippen MR) is 100 cm³/mol. The van der Waals surface area contributed by atoms with Gasteiger partial charge in [-0.1, -0.05) is 25.0 Å². The van der Waals surface area contributed by atoms with Crippen molar-refractivity contribution in [1.82, 2.24) is 15.1 Å². The summed E-state index contributed by atoms with van der Waals surface area (Å²) in [6, 6.07) is 7.98. The number of benzene rings is 1. The summed E-state index contributed by atoms with van der Waals surface area (Å²) in [5, 5.41) is 3.14. The fourth-order valence-electron chi connectivity index (χ4n) is 3.77. The number of amides is 3. The van der Waals surface area contributed by atoms with E-state index < -0.39 is 0 Å². The molecular weight excluding hydrogens is 330 g/mol. The molecule has 2 fully saturated rings. The van der Waals surface area contributed by atoms with Crippen LogP contribution in [0.2, 0.25) is 0 Å². The maximum Gasteiger partial charge on any atom is 0.317 e. The highest BCUT2D eigenvalue weighted by atomic mass is 16.5. The number of nitrogens with one attached hydrogen (secondary N) is 1. The van der Waals surface area contributed by atoms with E-state index in [0.717, 1.165) is 30.6 Å². The first-order chi connectivity index (χ1) is 12.7. The van der Waals surface area contributed by atoms with Crippen LogP contribution in [0.1, 0.15) is 37.7 Å². The molecule has 3 amide bonds. The van der Waals surface area contributed by atoms with E-state index in [1.54, 1.807) is 7.11 Å². The van der Waals surface area contributed by atoms with Crippen LogP contribution in [0.4, 0.5) is 4.79 Å². The fourth-order valence-corrected chi connectivity index (χ4v) is 3.77. The Morgan fingerprint density at radius 3 is 2.58 bits per heavy atom. The Balaban J connectivity index is 1.50. The van der Waals surface area contributed by atoms with Gasteiger partial charge >= 0.3 is 6.03 Å². The summed E-state index contributed by atoms with van der Waals surface area (Å²) in [6.45, 7) is 2.61. The average molecular weight is 359 g/mol. The summed E-state index contributed by atoms with van der Waals surface area (Å²) < 4.78 is 5.22. The monoisotopic (exact) mass is 359 g/mol. The van der Waals surface area contributed by atoms with E-state index in [4.69, 9.17) is 4.74 Å². The van der Waals surface area contributed by atoms with E-state index in [0.29, 0.717) is 38.6 Å². The Labute approximate surface area is 155 Å². The molecule has 0 spiro atoms. The van der Waals surface area contributed by atoms with Crippen molar-refractivity contribution in [1.29, 1.82) is 0 Å². The van der Waals surface area contributed by atoms with Crippen molar-refractivity contribution in [3.05, 3.63) is 29.8 Å². The van der Waals surface area contributed by atoms with Crippen molar-refractivity contribution in [2.75, 3.05) is 33.3 Å². The predicted octanol–water partition coefficient (Wildman–Crippen LogP) is 2.42. The minimum atomic E-state index is 0.0268. The number of ether oxygens (including phenoxy) is 1. The largest absolute Gasteiger partial charge is 0.497 e. The van der Waals surface area contributed by atoms with E-state index in [-0.39, 0.29) is 11.9 Å². The van der Waals surface area contributed by atoms with Gasteiger partial charge in [0.2, 0.25) is 5.91 Å². The van der Waals surface area contributed by atoms with Crippen LogP contribution in [0.3, 0.4) is 0 Å². The van der Waals surface area contributed by atoms with E-state index in [1.807, 2.05) is 34.1 Å². The second-order valence-electron chi connectivity index (χ2n) is 7.18. The summed E-state index contributed by atoms with van der Waals surface area (Å²) in [5.74, 6) is 0.872. The van der Waals surface area contributed by atoms with Gasteiger partial charge in [-0.15, -0.1) is 0 Å². The molecule has 1 aliphatic heterocycles. The highest BCUT2D eigenvalue weighted by Crippen LogP contribution is 2.18. The zero-order valence-electron chi connectivity index (χ0n) is 15.6. The van der Waals surface area contributed by atoms with Crippen molar-refractivity contribution >= 4 is 11.9 Å². The molecule has 6 heteroatoms. The Bertz CT molecular complexity index is 628. The number of rotatable bonds is 4. The summed E-state index contributed by atoms with van der Waals surface area (Å²) in [6.07, 6.45) is 5.78. The summed E-state index contributed by atoms with van der Waals surface area (Å²) in [4.78, 5) is 28.8. The van der Waals surface area contributed by atoms with Gasteiger partial charge in [0.1, 0.15) is 5.75 Å². The summed E-state index contributed by atoms with van der Waals surface area (Å²) in [5.41, 5.74) is 0.953. The quantitative estimate of drug-likeness (QED) is 0.898. The van der Waals surface area contributed by atoms with Crippen molar-refractivity contribution in [2.24, 2.45) is 0 Å². The van der Waals surface area contributed by atoms with E-state index in [1.165, 1.54) is 12.8 Å². The van der Waals surface area contributed by atoms with Crippen LogP contribution in [0.25, 0.3) is 0 Å². The molecule has 0 unspecified atom stereocenters. The van der Waals surface area contributed by atoms with E-state index in [2.05, 4.69) is 5.32 Å². The lowest BCUT2D eigenvalue weighted by Crippen LogP contribution is -2.45. The number of carbonyl (C=O) groups excluding carboxylic acids is 2. The van der Waals surface area contributed by atoms with Crippen LogP contribution in [0, 0.1) is 0 Å². The number of hydrogen-bond donors (Lipinski definition) is 1.